The maximum atomic E-state index is 15.6. The number of aliphatic hydroxyl groups excluding tert-OH is 10. The zero-order valence-electron chi connectivity index (χ0n) is 80.9. The second-order valence-electron chi connectivity index (χ2n) is 35.0. The van der Waals surface area contributed by atoms with Crippen LogP contribution in [0.4, 0.5) is 24.5 Å². The Morgan fingerprint density at radius 3 is 1.56 bits per heavy atom. The van der Waals surface area contributed by atoms with Gasteiger partial charge in [-0.05, 0) is 125 Å². The molecule has 1 aliphatic carbocycles. The summed E-state index contributed by atoms with van der Waals surface area (Å²) in [5.74, 6) is -4.29. The van der Waals surface area contributed by atoms with Gasteiger partial charge >= 0.3 is 24.2 Å². The molecule has 0 unspecified atom stereocenters. The maximum absolute atomic E-state index is 15.6. The first-order chi connectivity index (χ1) is 67.0. The van der Waals surface area contributed by atoms with Gasteiger partial charge in [0.1, 0.15) is 79.4 Å². The van der Waals surface area contributed by atoms with Gasteiger partial charge in [-0.3, -0.25) is 28.9 Å². The van der Waals surface area contributed by atoms with E-state index in [9.17, 15) is 89.1 Å². The maximum Gasteiger partial charge on any atom is 0.408 e. The number of hydrogen-bond donors (Lipinski definition) is 19. The summed E-state index contributed by atoms with van der Waals surface area (Å²) in [5, 5.41) is 130. The number of carbonyl (C=O) groups excluding carboxylic acids is 8. The topological polar surface area (TPSA) is 646 Å². The second kappa shape index (κ2) is 62.5. The molecule has 0 fully saturated rings. The molecule has 0 saturated heterocycles. The van der Waals surface area contributed by atoms with E-state index in [0.29, 0.717) is 194 Å². The molecule has 7 rings (SSSR count). The van der Waals surface area contributed by atoms with Crippen molar-refractivity contribution in [2.24, 2.45) is 11.7 Å². The Morgan fingerprint density at radius 1 is 0.593 bits per heavy atom. The fourth-order valence-electron chi connectivity index (χ4n) is 15.3. The number of nitrogens with zero attached hydrogens (tertiary/aromatic N) is 3. The molecule has 0 bridgehead atoms. The highest BCUT2D eigenvalue weighted by molar-refractivity contribution is 5.99. The van der Waals surface area contributed by atoms with E-state index in [0.717, 1.165) is 0 Å². The highest BCUT2D eigenvalue weighted by atomic mass is 19.1. The molecule has 2 aromatic heterocycles. The molecule has 13 atom stereocenters. The molecule has 0 spiro atoms. The number of aryl methyl sites for hydroxylation is 1. The zero-order valence-corrected chi connectivity index (χ0v) is 80.9. The molecular weight excluding hydrogens is 1850 g/mol. The van der Waals surface area contributed by atoms with Gasteiger partial charge in [0.2, 0.25) is 23.6 Å². The molecular formula is C93H146FN11O35. The number of halogens is 1. The highest BCUT2D eigenvalue weighted by Crippen LogP contribution is 2.46. The SMILES string of the molecule is CC[C@@]1(O)C(=O)OCc2c1cc1n(c2=O)Cc2c-1nc1cc(F)c(C)c3c1c2[C@@H](NC(=O)OCc1ccc(NC(=O)[C@H](CCCNC(N)=O)NC(=O)[C@@H](NC(=O)[C@H](CCCCNC(=O)CCOCCOCCOCCOCCOCCOCCOCCOCCOCCOCCOCCOCCN(C[C@@H](O)[C@H](O)[C@@H](O)[C@@H](O)CO)C[C@@H](O)[C@H](O)[C@@H](O)[C@@H](O)CO)NC(=O)OC(C)(C)C)C(C)C)cc1)CC3. The van der Waals surface area contributed by atoms with Crippen LogP contribution >= 0.6 is 0 Å². The van der Waals surface area contributed by atoms with E-state index in [4.69, 9.17) is 92.0 Å². The number of carbonyl (C=O) groups is 8. The van der Waals surface area contributed by atoms with Crippen LogP contribution in [0.25, 0.3) is 22.3 Å². The van der Waals surface area contributed by atoms with Gasteiger partial charge < -0.3 is 175 Å². The number of amides is 8. The molecule has 4 heterocycles. The van der Waals surface area contributed by atoms with Crippen LogP contribution in [-0.2, 0) is 127 Å². The first kappa shape index (κ1) is 118. The van der Waals surface area contributed by atoms with E-state index in [2.05, 4.69) is 37.2 Å². The first-order valence-electron chi connectivity index (χ1n) is 47.4. The first-order valence-corrected chi connectivity index (χ1v) is 47.4. The Labute approximate surface area is 812 Å². The molecule has 140 heavy (non-hydrogen) atoms. The summed E-state index contributed by atoms with van der Waals surface area (Å²) < 4.78 is 100.0. The molecule has 8 amide bonds. The van der Waals surface area contributed by atoms with Crippen molar-refractivity contribution >= 4 is 64.4 Å². The number of rotatable bonds is 72. The number of nitrogens with two attached hydrogens (primary N) is 1. The number of aliphatic hydroxyl groups is 11. The Morgan fingerprint density at radius 2 is 1.07 bits per heavy atom. The van der Waals surface area contributed by atoms with Crippen LogP contribution in [0, 0.1) is 18.7 Å². The number of alkyl carbamates (subject to hydrolysis) is 2. The number of hydrogen-bond acceptors (Lipinski definition) is 37. The molecule has 2 aliphatic heterocycles. The highest BCUT2D eigenvalue weighted by Gasteiger charge is 2.47. The Kier molecular flexibility index (Phi) is 52.6. The lowest BCUT2D eigenvalue weighted by Gasteiger charge is -2.33. The summed E-state index contributed by atoms with van der Waals surface area (Å²) in [4.78, 5) is 127. The summed E-state index contributed by atoms with van der Waals surface area (Å²) >= 11 is 0. The van der Waals surface area contributed by atoms with Crippen molar-refractivity contribution in [2.45, 2.75) is 210 Å². The average molecular weight is 2000 g/mol. The summed E-state index contributed by atoms with van der Waals surface area (Å²) in [5.41, 5.74) is 6.21. The van der Waals surface area contributed by atoms with Crippen LogP contribution in [-0.4, -0.2) is 395 Å². The molecule has 46 nitrogen and oxygen atoms in total. The normalized spacial score (nSPS) is 16.8. The van der Waals surface area contributed by atoms with Gasteiger partial charge in [-0.2, -0.15) is 0 Å². The van der Waals surface area contributed by atoms with Crippen molar-refractivity contribution in [1.29, 1.82) is 0 Å². The zero-order chi connectivity index (χ0) is 102. The van der Waals surface area contributed by atoms with Crippen LogP contribution in [0.2, 0.25) is 0 Å². The van der Waals surface area contributed by atoms with Gasteiger partial charge in [-0.25, -0.2) is 28.6 Å². The predicted molar refractivity (Wildman–Crippen MR) is 497 cm³/mol. The number of benzene rings is 2. The number of pyridine rings is 2. The minimum absolute atomic E-state index is 0.000668. The quantitative estimate of drug-likeness (QED) is 0.0118. The summed E-state index contributed by atoms with van der Waals surface area (Å²) in [7, 11) is 0. The number of unbranched alkanes of at least 4 members (excludes halogenated alkanes) is 1. The van der Waals surface area contributed by atoms with Crippen molar-refractivity contribution in [3.63, 3.8) is 0 Å². The van der Waals surface area contributed by atoms with Crippen molar-refractivity contribution in [2.75, 3.05) is 210 Å². The van der Waals surface area contributed by atoms with Crippen LogP contribution < -0.4 is 48.5 Å². The molecule has 2 aromatic carbocycles. The second-order valence-corrected chi connectivity index (χ2v) is 35.0. The number of primary amides is 1. The molecule has 790 valence electrons. The van der Waals surface area contributed by atoms with Crippen molar-refractivity contribution in [1.82, 2.24) is 46.4 Å². The number of cyclic esters (lactones) is 1. The van der Waals surface area contributed by atoms with E-state index in [1.54, 1.807) is 78.8 Å². The van der Waals surface area contributed by atoms with Crippen molar-refractivity contribution in [3.05, 3.63) is 91.5 Å². The molecule has 0 saturated carbocycles. The van der Waals surface area contributed by atoms with E-state index in [1.807, 2.05) is 0 Å². The van der Waals surface area contributed by atoms with Gasteiger partial charge in [-0.15, -0.1) is 0 Å². The third-order valence-electron chi connectivity index (χ3n) is 23.0. The van der Waals surface area contributed by atoms with Gasteiger partial charge in [0.05, 0.1) is 219 Å². The minimum atomic E-state index is -2.08. The number of nitrogens with one attached hydrogen (secondary N) is 7. The van der Waals surface area contributed by atoms with Gasteiger partial charge in [0.25, 0.3) is 5.56 Å². The predicted octanol–water partition coefficient (Wildman–Crippen LogP) is -1.60. The Balaban J connectivity index is 0.682. The third-order valence-corrected chi connectivity index (χ3v) is 23.0. The van der Waals surface area contributed by atoms with Crippen LogP contribution in [0.5, 0.6) is 0 Å². The van der Waals surface area contributed by atoms with Crippen molar-refractivity contribution in [3.8, 4) is 11.4 Å². The third kappa shape index (κ3) is 39.2. The number of ether oxygens (including phenoxy) is 15. The Bertz CT molecular complexity index is 4490. The van der Waals surface area contributed by atoms with Crippen LogP contribution in [0.3, 0.4) is 0 Å². The monoisotopic (exact) mass is 2000 g/mol. The van der Waals surface area contributed by atoms with E-state index in [1.165, 1.54) is 15.5 Å². The number of aromatic nitrogens is 2. The number of urea groups is 1. The summed E-state index contributed by atoms with van der Waals surface area (Å²) in [6.07, 6.45) is -14.4. The fraction of sp³-hybridized carbons (Fsp3) is 0.699. The summed E-state index contributed by atoms with van der Waals surface area (Å²) in [6.45, 7) is 16.1. The molecule has 3 aliphatic rings. The van der Waals surface area contributed by atoms with Crippen molar-refractivity contribution < 1.29 is 170 Å². The van der Waals surface area contributed by atoms with Gasteiger partial charge in [0.15, 0.2) is 5.60 Å². The average Bonchev–Trinajstić information content (AvgIpc) is 1.53. The number of esters is 1. The summed E-state index contributed by atoms with van der Waals surface area (Å²) in [6, 6.07) is 4.07. The van der Waals surface area contributed by atoms with Gasteiger partial charge in [0, 0.05) is 67.4 Å². The van der Waals surface area contributed by atoms with Gasteiger partial charge in [-0.1, -0.05) is 32.9 Å². The lowest BCUT2D eigenvalue weighted by atomic mass is 9.81. The lowest BCUT2D eigenvalue weighted by Crippen LogP contribution is -2.58. The fourth-order valence-corrected chi connectivity index (χ4v) is 15.3. The van der Waals surface area contributed by atoms with Crippen LogP contribution in [0.15, 0.2) is 41.2 Å². The largest absolute Gasteiger partial charge is 0.458 e. The number of anilines is 1. The smallest absolute Gasteiger partial charge is 0.408 e. The minimum Gasteiger partial charge on any atom is -0.458 e. The molecule has 4 aromatic rings. The van der Waals surface area contributed by atoms with Crippen LogP contribution in [0.1, 0.15) is 138 Å². The molecule has 0 radical (unpaired) electrons. The molecule has 47 heteroatoms. The van der Waals surface area contributed by atoms with E-state index in [-0.39, 0.29) is 135 Å². The Hall–Kier alpha value is -9.07. The lowest BCUT2D eigenvalue weighted by molar-refractivity contribution is -0.172. The standard InChI is InChI=1S/C93H146FN11O35/c1-8-93(125)64-48-70-79-62(50-105(70)87(120)63(64)56-138-88(93)121)77-66(19-18-61-58(4)65(94)49-69(99-79)76(61)77)101-90(123)139-55-59-14-16-60(17-15-59)98-84(117)67(13-11-22-97-89(95)122)100-86(119)78(57(2)3)103-85(118)68(102-91(124)140-92(5,6)7)12-9-10-21-96-75(112)20-24-126-26-28-128-30-32-130-34-36-132-38-40-134-42-44-136-46-47-137-45-43-135-41-39-133-37-35-131-33-31-129-29-27-127-25-23-104(51-71(108)80(113)82(115)73(110)53-106)52-72(109)81(114)83(116)74(111)54-107/h14-17,48-49,57,66-68,71-74,78,80-83,106-111,113-116,125H,8-13,18-47,50-56H2,1-7H3,(H,96,112)(H,98,117)(H,100,119)(H,101,123)(H,102,124)(H,103,118)(H3,95,97,122)/t66-,67-,68-,71+,72+,73-,74-,78-,80-,81-,82-,83-,93-/m0/s1. The van der Waals surface area contributed by atoms with E-state index < -0.39 is 170 Å². The molecule has 20 N–H and O–H groups in total. The van der Waals surface area contributed by atoms with E-state index >= 15 is 4.39 Å². The number of fused-ring (bicyclic) bond motifs is 5.